The second-order valence-corrected chi connectivity index (χ2v) is 4.60. The zero-order valence-electron chi connectivity index (χ0n) is 8.42. The Morgan fingerprint density at radius 3 is 2.25 bits per heavy atom. The van der Waals surface area contributed by atoms with E-state index in [1.165, 1.54) is 0 Å². The molecule has 0 rings (SSSR count). The van der Waals surface area contributed by atoms with Crippen LogP contribution in [0.5, 0.6) is 0 Å². The van der Waals surface area contributed by atoms with Crippen molar-refractivity contribution < 1.29 is 4.79 Å². The van der Waals surface area contributed by atoms with E-state index in [9.17, 15) is 4.79 Å². The standard InChI is InChI=1S/C9H19NOS/c1-9(2,3)5-6-10(4)8(11)7-12/h12H,5-7H2,1-4H3. The molecule has 0 aliphatic heterocycles. The van der Waals surface area contributed by atoms with Crippen LogP contribution < -0.4 is 0 Å². The number of hydrogen-bond acceptors (Lipinski definition) is 2. The second-order valence-electron chi connectivity index (χ2n) is 4.28. The molecule has 0 unspecified atom stereocenters. The van der Waals surface area contributed by atoms with Gasteiger partial charge in [-0.2, -0.15) is 12.6 Å². The first kappa shape index (κ1) is 11.8. The lowest BCUT2D eigenvalue weighted by molar-refractivity contribution is -0.127. The van der Waals surface area contributed by atoms with Crippen molar-refractivity contribution in [2.45, 2.75) is 27.2 Å². The fraction of sp³-hybridized carbons (Fsp3) is 0.889. The molecule has 0 saturated heterocycles. The van der Waals surface area contributed by atoms with Crippen LogP contribution in [-0.4, -0.2) is 30.2 Å². The third kappa shape index (κ3) is 5.47. The Kier molecular flexibility index (Phi) is 4.68. The predicted octanol–water partition coefficient (Wildman–Crippen LogP) is 1.81. The summed E-state index contributed by atoms with van der Waals surface area (Å²) in [6.07, 6.45) is 1.03. The van der Waals surface area contributed by atoms with Gasteiger partial charge in [0.15, 0.2) is 0 Å². The molecule has 0 aliphatic carbocycles. The fourth-order valence-corrected chi connectivity index (χ4v) is 0.990. The van der Waals surface area contributed by atoms with Gasteiger partial charge in [-0.25, -0.2) is 0 Å². The first-order valence-electron chi connectivity index (χ1n) is 4.21. The van der Waals surface area contributed by atoms with Crippen LogP contribution in [-0.2, 0) is 4.79 Å². The molecule has 0 aliphatic rings. The maximum Gasteiger partial charge on any atom is 0.232 e. The molecule has 3 heteroatoms. The van der Waals surface area contributed by atoms with E-state index < -0.39 is 0 Å². The number of carbonyl (C=O) groups is 1. The quantitative estimate of drug-likeness (QED) is 0.671. The zero-order valence-corrected chi connectivity index (χ0v) is 9.32. The molecule has 0 saturated carbocycles. The lowest BCUT2D eigenvalue weighted by Crippen LogP contribution is -2.30. The summed E-state index contributed by atoms with van der Waals surface area (Å²) < 4.78 is 0. The van der Waals surface area contributed by atoms with E-state index in [1.54, 1.807) is 4.90 Å². The van der Waals surface area contributed by atoms with Crippen molar-refractivity contribution in [2.24, 2.45) is 5.41 Å². The van der Waals surface area contributed by atoms with Crippen molar-refractivity contribution >= 4 is 18.5 Å². The Hall–Kier alpha value is -0.180. The van der Waals surface area contributed by atoms with Crippen molar-refractivity contribution in [2.75, 3.05) is 19.3 Å². The molecule has 0 bridgehead atoms. The van der Waals surface area contributed by atoms with E-state index in [0.717, 1.165) is 13.0 Å². The maximum absolute atomic E-state index is 11.1. The minimum atomic E-state index is 0.0996. The summed E-state index contributed by atoms with van der Waals surface area (Å²) >= 11 is 3.93. The van der Waals surface area contributed by atoms with E-state index in [-0.39, 0.29) is 5.91 Å². The summed E-state index contributed by atoms with van der Waals surface area (Å²) in [6.45, 7) is 7.34. The molecule has 72 valence electrons. The molecule has 0 radical (unpaired) electrons. The number of hydrogen-bond donors (Lipinski definition) is 1. The fourth-order valence-electron chi connectivity index (χ4n) is 0.749. The van der Waals surface area contributed by atoms with Crippen LogP contribution in [0.4, 0.5) is 0 Å². The van der Waals surface area contributed by atoms with Crippen molar-refractivity contribution in [1.82, 2.24) is 4.90 Å². The molecule has 1 amide bonds. The van der Waals surface area contributed by atoms with Crippen LogP contribution in [0.15, 0.2) is 0 Å². The first-order valence-corrected chi connectivity index (χ1v) is 4.85. The summed E-state index contributed by atoms with van der Waals surface area (Å²) in [7, 11) is 1.82. The Labute approximate surface area is 80.7 Å². The number of thiol groups is 1. The van der Waals surface area contributed by atoms with Crippen LogP contribution in [0.1, 0.15) is 27.2 Å². The average Bonchev–Trinajstić information content (AvgIpc) is 1.97. The number of rotatable bonds is 3. The Morgan fingerprint density at radius 2 is 1.92 bits per heavy atom. The SMILES string of the molecule is CN(CCC(C)(C)C)C(=O)CS. The van der Waals surface area contributed by atoms with Gasteiger partial charge in [-0.15, -0.1) is 0 Å². The van der Waals surface area contributed by atoms with E-state index in [2.05, 4.69) is 33.4 Å². The molecule has 0 spiro atoms. The highest BCUT2D eigenvalue weighted by atomic mass is 32.1. The third-order valence-corrected chi connectivity index (χ3v) is 2.03. The molecule has 0 aromatic rings. The Morgan fingerprint density at radius 1 is 1.42 bits per heavy atom. The molecule has 2 nitrogen and oxygen atoms in total. The van der Waals surface area contributed by atoms with Crippen molar-refractivity contribution in [3.8, 4) is 0 Å². The normalized spacial score (nSPS) is 11.4. The monoisotopic (exact) mass is 189 g/mol. The zero-order chi connectivity index (χ0) is 9.78. The molecular weight excluding hydrogens is 170 g/mol. The lowest BCUT2D eigenvalue weighted by atomic mass is 9.92. The van der Waals surface area contributed by atoms with Crippen molar-refractivity contribution in [1.29, 1.82) is 0 Å². The van der Waals surface area contributed by atoms with Gasteiger partial charge < -0.3 is 4.90 Å². The van der Waals surface area contributed by atoms with Crippen LogP contribution in [0.3, 0.4) is 0 Å². The minimum absolute atomic E-state index is 0.0996. The largest absolute Gasteiger partial charge is 0.345 e. The molecule has 0 aromatic carbocycles. The molecule has 0 N–H and O–H groups in total. The molecule has 0 heterocycles. The van der Waals surface area contributed by atoms with Crippen molar-refractivity contribution in [3.63, 3.8) is 0 Å². The molecule has 12 heavy (non-hydrogen) atoms. The van der Waals surface area contributed by atoms with Crippen LogP contribution in [0, 0.1) is 5.41 Å². The lowest BCUT2D eigenvalue weighted by Gasteiger charge is -2.23. The van der Waals surface area contributed by atoms with Crippen molar-refractivity contribution in [3.05, 3.63) is 0 Å². The summed E-state index contributed by atoms with van der Waals surface area (Å²) in [4.78, 5) is 12.8. The van der Waals surface area contributed by atoms with Gasteiger partial charge in [-0.3, -0.25) is 4.79 Å². The third-order valence-electron chi connectivity index (χ3n) is 1.76. The van der Waals surface area contributed by atoms with Crippen LogP contribution >= 0.6 is 12.6 Å². The van der Waals surface area contributed by atoms with Crippen LogP contribution in [0.2, 0.25) is 0 Å². The summed E-state index contributed by atoms with van der Waals surface area (Å²) in [5, 5.41) is 0. The van der Waals surface area contributed by atoms with E-state index in [4.69, 9.17) is 0 Å². The minimum Gasteiger partial charge on any atom is -0.345 e. The van der Waals surface area contributed by atoms with Gasteiger partial charge in [0.05, 0.1) is 5.75 Å². The Balaban J connectivity index is 3.72. The summed E-state index contributed by atoms with van der Waals surface area (Å²) in [6, 6.07) is 0. The van der Waals surface area contributed by atoms with E-state index in [1.807, 2.05) is 7.05 Å². The van der Waals surface area contributed by atoms with Gasteiger partial charge in [0, 0.05) is 13.6 Å². The molecule has 0 atom stereocenters. The number of nitrogens with zero attached hydrogens (tertiary/aromatic N) is 1. The van der Waals surface area contributed by atoms with Gasteiger partial charge in [0.25, 0.3) is 0 Å². The topological polar surface area (TPSA) is 20.3 Å². The molecule has 0 aromatic heterocycles. The maximum atomic E-state index is 11.1. The van der Waals surface area contributed by atoms with Gasteiger partial charge in [-0.1, -0.05) is 20.8 Å². The van der Waals surface area contributed by atoms with Crippen LogP contribution in [0.25, 0.3) is 0 Å². The smallest absolute Gasteiger partial charge is 0.232 e. The van der Waals surface area contributed by atoms with Gasteiger partial charge in [0.1, 0.15) is 0 Å². The Bertz CT molecular complexity index is 151. The predicted molar refractivity (Wildman–Crippen MR) is 55.6 cm³/mol. The van der Waals surface area contributed by atoms with Gasteiger partial charge in [0.2, 0.25) is 5.91 Å². The molecular formula is C9H19NOS. The summed E-state index contributed by atoms with van der Waals surface area (Å²) in [5.74, 6) is 0.406. The van der Waals surface area contributed by atoms with Gasteiger partial charge >= 0.3 is 0 Å². The highest BCUT2D eigenvalue weighted by Crippen LogP contribution is 2.18. The first-order chi connectivity index (χ1) is 5.37. The second kappa shape index (κ2) is 4.75. The highest BCUT2D eigenvalue weighted by molar-refractivity contribution is 7.81. The van der Waals surface area contributed by atoms with Gasteiger partial charge in [-0.05, 0) is 11.8 Å². The highest BCUT2D eigenvalue weighted by Gasteiger charge is 2.13. The average molecular weight is 189 g/mol. The van der Waals surface area contributed by atoms with E-state index >= 15 is 0 Å². The van der Waals surface area contributed by atoms with E-state index in [0.29, 0.717) is 11.2 Å². The number of carbonyl (C=O) groups excluding carboxylic acids is 1. The molecule has 0 fully saturated rings. The number of amides is 1. The summed E-state index contributed by atoms with van der Waals surface area (Å²) in [5.41, 5.74) is 0.297.